The Kier molecular flexibility index (Phi) is 4.03. The topological polar surface area (TPSA) is 28.2 Å². The Morgan fingerprint density at radius 3 is 2.95 bits per heavy atom. The van der Waals surface area contributed by atoms with Gasteiger partial charge < -0.3 is 10.2 Å². The summed E-state index contributed by atoms with van der Waals surface area (Å²) in [6, 6.07) is 9.69. The van der Waals surface area contributed by atoms with Gasteiger partial charge in [-0.2, -0.15) is 0 Å². The molecule has 0 bridgehead atoms. The van der Waals surface area contributed by atoms with Crippen molar-refractivity contribution in [2.45, 2.75) is 38.4 Å². The fourth-order valence-corrected chi connectivity index (χ4v) is 3.08. The molecular formula is C16H21N3S. The summed E-state index contributed by atoms with van der Waals surface area (Å²) in [5.74, 6) is 1.11. The second kappa shape index (κ2) is 5.94. The number of hydrogen-bond acceptors (Lipinski definition) is 4. The van der Waals surface area contributed by atoms with Crippen LogP contribution in [0.4, 0.5) is 5.82 Å². The molecule has 1 aliphatic carbocycles. The van der Waals surface area contributed by atoms with Crippen molar-refractivity contribution >= 4 is 17.2 Å². The van der Waals surface area contributed by atoms with Gasteiger partial charge in [0.25, 0.3) is 0 Å². The van der Waals surface area contributed by atoms with Crippen LogP contribution in [0, 0.1) is 0 Å². The molecule has 1 saturated carbocycles. The maximum absolute atomic E-state index is 4.60. The van der Waals surface area contributed by atoms with Crippen molar-refractivity contribution in [1.29, 1.82) is 0 Å². The van der Waals surface area contributed by atoms with E-state index in [1.807, 2.05) is 24.6 Å². The first-order chi connectivity index (χ1) is 9.78. The van der Waals surface area contributed by atoms with Crippen LogP contribution in [-0.2, 0) is 6.54 Å². The molecule has 0 radical (unpaired) electrons. The number of aromatic nitrogens is 1. The third-order valence-electron chi connectivity index (χ3n) is 3.89. The molecule has 1 atom stereocenters. The standard InChI is InChI=1S/C16H21N3S/c1-12(17-2)13-7-8-18-16(10-13)19(14-5-6-14)11-15-4-3-9-20-15/h3-4,7-10,12,14,17H,5-6,11H2,1-2H3. The van der Waals surface area contributed by atoms with Gasteiger partial charge in [0.05, 0.1) is 6.54 Å². The summed E-state index contributed by atoms with van der Waals surface area (Å²) in [4.78, 5) is 8.47. The molecular weight excluding hydrogens is 266 g/mol. The molecule has 0 aliphatic heterocycles. The van der Waals surface area contributed by atoms with Crippen molar-refractivity contribution in [2.24, 2.45) is 0 Å². The molecule has 0 spiro atoms. The SMILES string of the molecule is CNC(C)c1ccnc(N(Cc2cccs2)C2CC2)c1. The van der Waals surface area contributed by atoms with E-state index in [4.69, 9.17) is 0 Å². The van der Waals surface area contributed by atoms with E-state index in [1.54, 1.807) is 0 Å². The van der Waals surface area contributed by atoms with Crippen LogP contribution in [-0.4, -0.2) is 18.1 Å². The highest BCUT2D eigenvalue weighted by molar-refractivity contribution is 7.09. The van der Waals surface area contributed by atoms with E-state index in [1.165, 1.54) is 23.3 Å². The van der Waals surface area contributed by atoms with Gasteiger partial charge in [-0.3, -0.25) is 0 Å². The van der Waals surface area contributed by atoms with Crippen LogP contribution in [0.5, 0.6) is 0 Å². The fraction of sp³-hybridized carbons (Fsp3) is 0.438. The zero-order valence-electron chi connectivity index (χ0n) is 12.0. The summed E-state index contributed by atoms with van der Waals surface area (Å²) in [5.41, 5.74) is 1.30. The van der Waals surface area contributed by atoms with Gasteiger partial charge >= 0.3 is 0 Å². The minimum absolute atomic E-state index is 0.361. The molecule has 2 aromatic rings. The van der Waals surface area contributed by atoms with Gasteiger partial charge in [0.15, 0.2) is 0 Å². The maximum atomic E-state index is 4.60. The van der Waals surface area contributed by atoms with E-state index in [-0.39, 0.29) is 0 Å². The first kappa shape index (κ1) is 13.6. The number of pyridine rings is 1. The lowest BCUT2D eigenvalue weighted by molar-refractivity contribution is 0.650. The van der Waals surface area contributed by atoms with Gasteiger partial charge in [0, 0.05) is 23.2 Å². The summed E-state index contributed by atoms with van der Waals surface area (Å²) < 4.78 is 0. The Labute approximate surface area is 124 Å². The summed E-state index contributed by atoms with van der Waals surface area (Å²) in [5, 5.41) is 5.44. The Balaban J connectivity index is 1.84. The Bertz CT molecular complexity index is 549. The normalized spacial score (nSPS) is 16.1. The van der Waals surface area contributed by atoms with Crippen molar-refractivity contribution in [3.63, 3.8) is 0 Å². The van der Waals surface area contributed by atoms with Crippen LogP contribution in [0.15, 0.2) is 35.8 Å². The molecule has 1 aliphatic rings. The van der Waals surface area contributed by atoms with Gasteiger partial charge in [0.2, 0.25) is 0 Å². The third-order valence-corrected chi connectivity index (χ3v) is 4.75. The van der Waals surface area contributed by atoms with Crippen molar-refractivity contribution in [3.8, 4) is 0 Å². The van der Waals surface area contributed by atoms with Gasteiger partial charge in [-0.1, -0.05) is 6.07 Å². The van der Waals surface area contributed by atoms with Crippen molar-refractivity contribution in [2.75, 3.05) is 11.9 Å². The summed E-state index contributed by atoms with van der Waals surface area (Å²) >= 11 is 1.82. The molecule has 3 rings (SSSR count). The predicted octanol–water partition coefficient (Wildman–Crippen LogP) is 3.59. The van der Waals surface area contributed by atoms with Gasteiger partial charge in [-0.25, -0.2) is 4.98 Å². The molecule has 1 unspecified atom stereocenters. The van der Waals surface area contributed by atoms with Crippen molar-refractivity contribution < 1.29 is 0 Å². The van der Waals surface area contributed by atoms with Crippen LogP contribution in [0.3, 0.4) is 0 Å². The molecule has 1 N–H and O–H groups in total. The molecule has 2 aromatic heterocycles. The maximum Gasteiger partial charge on any atom is 0.129 e. The summed E-state index contributed by atoms with van der Waals surface area (Å²) in [6.45, 7) is 3.16. The first-order valence-electron chi connectivity index (χ1n) is 7.20. The Morgan fingerprint density at radius 1 is 1.45 bits per heavy atom. The average Bonchev–Trinajstić information content (AvgIpc) is 3.20. The van der Waals surface area contributed by atoms with Crippen LogP contribution in [0.2, 0.25) is 0 Å². The quantitative estimate of drug-likeness (QED) is 0.880. The number of anilines is 1. The molecule has 0 saturated heterocycles. The zero-order chi connectivity index (χ0) is 13.9. The van der Waals surface area contributed by atoms with E-state index in [9.17, 15) is 0 Å². The fourth-order valence-electron chi connectivity index (χ4n) is 2.38. The number of hydrogen-bond donors (Lipinski definition) is 1. The van der Waals surface area contributed by atoms with Crippen LogP contribution in [0.1, 0.15) is 36.2 Å². The van der Waals surface area contributed by atoms with E-state index in [0.29, 0.717) is 12.1 Å². The number of nitrogens with zero attached hydrogens (tertiary/aromatic N) is 2. The Morgan fingerprint density at radius 2 is 2.30 bits per heavy atom. The molecule has 1 fully saturated rings. The summed E-state index contributed by atoms with van der Waals surface area (Å²) in [7, 11) is 2.00. The number of rotatable bonds is 6. The highest BCUT2D eigenvalue weighted by atomic mass is 32.1. The monoisotopic (exact) mass is 287 g/mol. The van der Waals surface area contributed by atoms with Crippen LogP contribution >= 0.6 is 11.3 Å². The van der Waals surface area contributed by atoms with E-state index >= 15 is 0 Å². The molecule has 20 heavy (non-hydrogen) atoms. The lowest BCUT2D eigenvalue weighted by Crippen LogP contribution is -2.26. The molecule has 2 heterocycles. The van der Waals surface area contributed by atoms with E-state index < -0.39 is 0 Å². The minimum Gasteiger partial charge on any atom is -0.348 e. The Hall–Kier alpha value is -1.39. The van der Waals surface area contributed by atoms with Gasteiger partial charge in [0.1, 0.15) is 5.82 Å². The minimum atomic E-state index is 0.361. The smallest absolute Gasteiger partial charge is 0.129 e. The molecule has 0 amide bonds. The lowest BCUT2D eigenvalue weighted by Gasteiger charge is -2.24. The lowest BCUT2D eigenvalue weighted by atomic mass is 10.1. The summed E-state index contributed by atoms with van der Waals surface area (Å²) in [6.07, 6.45) is 4.51. The van der Waals surface area contributed by atoms with Gasteiger partial charge in [-0.15, -0.1) is 11.3 Å². The largest absolute Gasteiger partial charge is 0.348 e. The number of thiophene rings is 1. The molecule has 0 aromatic carbocycles. The average molecular weight is 287 g/mol. The first-order valence-corrected chi connectivity index (χ1v) is 8.08. The van der Waals surface area contributed by atoms with E-state index in [0.717, 1.165) is 12.4 Å². The molecule has 3 nitrogen and oxygen atoms in total. The van der Waals surface area contributed by atoms with E-state index in [2.05, 4.69) is 51.8 Å². The molecule has 4 heteroatoms. The zero-order valence-corrected chi connectivity index (χ0v) is 12.9. The van der Waals surface area contributed by atoms with Crippen molar-refractivity contribution in [3.05, 3.63) is 46.3 Å². The second-order valence-electron chi connectivity index (χ2n) is 5.40. The van der Waals surface area contributed by atoms with Crippen molar-refractivity contribution in [1.82, 2.24) is 10.3 Å². The van der Waals surface area contributed by atoms with Crippen LogP contribution < -0.4 is 10.2 Å². The second-order valence-corrected chi connectivity index (χ2v) is 6.43. The number of nitrogens with one attached hydrogen (secondary N) is 1. The highest BCUT2D eigenvalue weighted by Crippen LogP contribution is 2.33. The van der Waals surface area contributed by atoms with Crippen LogP contribution in [0.25, 0.3) is 0 Å². The predicted molar refractivity (Wildman–Crippen MR) is 85.2 cm³/mol. The highest BCUT2D eigenvalue weighted by Gasteiger charge is 2.30. The molecule has 106 valence electrons. The van der Waals surface area contributed by atoms with Gasteiger partial charge in [-0.05, 0) is 56.0 Å². The third kappa shape index (κ3) is 3.02.